The molecule has 0 aliphatic heterocycles. The quantitative estimate of drug-likeness (QED) is 0.787. The molecule has 3 rings (SSSR count). The molecule has 1 aromatic carbocycles. The minimum absolute atomic E-state index is 0.753. The van der Waals surface area contributed by atoms with Crippen LogP contribution in [0.2, 0.25) is 0 Å². The molecule has 0 spiro atoms. The van der Waals surface area contributed by atoms with Gasteiger partial charge in [-0.1, -0.05) is 35.3 Å². The van der Waals surface area contributed by atoms with Crippen LogP contribution in [0.15, 0.2) is 22.7 Å². The Morgan fingerprint density at radius 2 is 2.29 bits per heavy atom. The maximum absolute atomic E-state index is 3.69. The average molecular weight is 292 g/mol. The Morgan fingerprint density at radius 1 is 1.41 bits per heavy atom. The summed E-state index contributed by atoms with van der Waals surface area (Å²) < 4.78 is 1.24. The molecule has 0 bridgehead atoms. The second-order valence-corrected chi connectivity index (χ2v) is 5.91. The first-order valence-corrected chi connectivity index (χ1v) is 7.39. The highest BCUT2D eigenvalue weighted by molar-refractivity contribution is 9.10. The first-order chi connectivity index (χ1) is 8.31. The molecule has 0 amide bonds. The Morgan fingerprint density at radius 3 is 3.12 bits per heavy atom. The van der Waals surface area contributed by atoms with Crippen molar-refractivity contribution in [1.29, 1.82) is 0 Å². The van der Waals surface area contributed by atoms with Crippen LogP contribution < -0.4 is 0 Å². The lowest BCUT2D eigenvalue weighted by atomic mass is 9.84. The van der Waals surface area contributed by atoms with Crippen LogP contribution >= 0.6 is 15.9 Å². The highest BCUT2D eigenvalue weighted by atomic mass is 79.9. The molecule has 1 unspecified atom stereocenters. The minimum atomic E-state index is 0.753. The van der Waals surface area contributed by atoms with Gasteiger partial charge in [-0.3, -0.25) is 0 Å². The molecule has 1 aromatic heterocycles. The zero-order chi connectivity index (χ0) is 11.8. The van der Waals surface area contributed by atoms with Gasteiger partial charge in [0.1, 0.15) is 0 Å². The summed E-state index contributed by atoms with van der Waals surface area (Å²) in [5.74, 6) is 0.753. The third kappa shape index (κ3) is 1.83. The van der Waals surface area contributed by atoms with E-state index in [9.17, 15) is 0 Å². The summed E-state index contributed by atoms with van der Waals surface area (Å²) in [4.78, 5) is 3.66. The smallest absolute Gasteiger partial charge is 0.0470 e. The molecule has 90 valence electrons. The van der Waals surface area contributed by atoms with E-state index < -0.39 is 0 Å². The maximum Gasteiger partial charge on any atom is 0.0470 e. The molecule has 1 aliphatic carbocycles. The van der Waals surface area contributed by atoms with Crippen LogP contribution in [-0.4, -0.2) is 4.98 Å². The number of halogens is 1. The topological polar surface area (TPSA) is 15.8 Å². The van der Waals surface area contributed by atoms with Crippen molar-refractivity contribution in [2.75, 3.05) is 0 Å². The van der Waals surface area contributed by atoms with Gasteiger partial charge in [-0.05, 0) is 49.3 Å². The predicted octanol–water partition coefficient (Wildman–Crippen LogP) is 5.15. The number of hydrogen-bond acceptors (Lipinski definition) is 0. The zero-order valence-electron chi connectivity index (χ0n) is 10.2. The van der Waals surface area contributed by atoms with Crippen LogP contribution in [0.3, 0.4) is 0 Å². The molecule has 0 saturated carbocycles. The number of aromatic nitrogens is 1. The monoisotopic (exact) mass is 291 g/mol. The summed E-state index contributed by atoms with van der Waals surface area (Å²) in [5.41, 5.74) is 4.38. The molecule has 0 fully saturated rings. The van der Waals surface area contributed by atoms with Crippen molar-refractivity contribution in [3.8, 4) is 0 Å². The second kappa shape index (κ2) is 4.49. The lowest BCUT2D eigenvalue weighted by molar-refractivity contribution is 0.508. The van der Waals surface area contributed by atoms with E-state index in [0.29, 0.717) is 0 Å². The lowest BCUT2D eigenvalue weighted by Crippen LogP contribution is -2.08. The molecule has 1 atom stereocenters. The second-order valence-electron chi connectivity index (χ2n) is 5.06. The Hall–Kier alpha value is -0.760. The maximum atomic E-state index is 3.69. The number of benzene rings is 1. The molecule has 0 radical (unpaired) electrons. The molecule has 17 heavy (non-hydrogen) atoms. The van der Waals surface area contributed by atoms with Gasteiger partial charge in [0.15, 0.2) is 0 Å². The lowest BCUT2D eigenvalue weighted by Gasteiger charge is -2.22. The minimum Gasteiger partial charge on any atom is -0.358 e. The van der Waals surface area contributed by atoms with Crippen LogP contribution in [0.4, 0.5) is 0 Å². The molecular weight excluding hydrogens is 274 g/mol. The van der Waals surface area contributed by atoms with Gasteiger partial charge in [0.2, 0.25) is 0 Å². The predicted molar refractivity (Wildman–Crippen MR) is 76.6 cm³/mol. The summed E-state index contributed by atoms with van der Waals surface area (Å²) in [7, 11) is 0. The molecule has 2 heteroatoms. The Kier molecular flexibility index (Phi) is 2.99. The van der Waals surface area contributed by atoms with Crippen molar-refractivity contribution in [3.63, 3.8) is 0 Å². The molecule has 2 aromatic rings. The van der Waals surface area contributed by atoms with E-state index in [4.69, 9.17) is 0 Å². The standard InChI is InChI=1S/C15H18BrN/c1-2-5-10-6-3-7-11-14-12(16)8-4-9-13(14)17-15(10)11/h4,8-10,17H,2-3,5-7H2,1H3. The molecule has 1 nitrogen and oxygen atoms in total. The Balaban J connectivity index is 2.19. The van der Waals surface area contributed by atoms with Gasteiger partial charge in [-0.25, -0.2) is 0 Å². The van der Waals surface area contributed by atoms with Gasteiger partial charge < -0.3 is 4.98 Å². The van der Waals surface area contributed by atoms with Gasteiger partial charge >= 0.3 is 0 Å². The number of aryl methyl sites for hydroxylation is 1. The van der Waals surface area contributed by atoms with Crippen molar-refractivity contribution < 1.29 is 0 Å². The molecule has 1 N–H and O–H groups in total. The Labute approximate surface area is 111 Å². The summed E-state index contributed by atoms with van der Waals surface area (Å²) >= 11 is 3.69. The molecule has 0 saturated heterocycles. The molecular formula is C15H18BrN. The zero-order valence-corrected chi connectivity index (χ0v) is 11.8. The van der Waals surface area contributed by atoms with E-state index in [1.165, 1.54) is 53.2 Å². The van der Waals surface area contributed by atoms with Crippen molar-refractivity contribution in [2.24, 2.45) is 0 Å². The van der Waals surface area contributed by atoms with E-state index in [1.54, 1.807) is 5.56 Å². The average Bonchev–Trinajstić information content (AvgIpc) is 2.70. The molecule has 1 aliphatic rings. The number of nitrogens with one attached hydrogen (secondary N) is 1. The van der Waals surface area contributed by atoms with Crippen LogP contribution in [0.5, 0.6) is 0 Å². The highest BCUT2D eigenvalue weighted by Crippen LogP contribution is 2.40. The Bertz CT molecular complexity index is 541. The van der Waals surface area contributed by atoms with Gasteiger partial charge in [0.25, 0.3) is 0 Å². The van der Waals surface area contributed by atoms with Crippen LogP contribution in [-0.2, 0) is 6.42 Å². The van der Waals surface area contributed by atoms with E-state index >= 15 is 0 Å². The summed E-state index contributed by atoms with van der Waals surface area (Å²) in [6, 6.07) is 6.46. The number of rotatable bonds is 2. The first kappa shape index (κ1) is 11.3. The third-order valence-corrected chi connectivity index (χ3v) is 4.60. The van der Waals surface area contributed by atoms with Crippen molar-refractivity contribution in [1.82, 2.24) is 4.98 Å². The fourth-order valence-electron chi connectivity index (χ4n) is 3.21. The van der Waals surface area contributed by atoms with Crippen molar-refractivity contribution >= 4 is 26.8 Å². The van der Waals surface area contributed by atoms with E-state index in [2.05, 4.69) is 46.0 Å². The van der Waals surface area contributed by atoms with Crippen molar-refractivity contribution in [3.05, 3.63) is 33.9 Å². The van der Waals surface area contributed by atoms with Gasteiger partial charge in [0, 0.05) is 21.1 Å². The van der Waals surface area contributed by atoms with Crippen LogP contribution in [0.25, 0.3) is 10.9 Å². The van der Waals surface area contributed by atoms with E-state index in [-0.39, 0.29) is 0 Å². The summed E-state index contributed by atoms with van der Waals surface area (Å²) in [5, 5.41) is 1.42. The van der Waals surface area contributed by atoms with Gasteiger partial charge in [-0.2, -0.15) is 0 Å². The number of hydrogen-bond donors (Lipinski definition) is 1. The SMILES string of the molecule is CCCC1CCCc2c1[nH]c1cccc(Br)c21. The molecule has 1 heterocycles. The van der Waals surface area contributed by atoms with Crippen LogP contribution in [0, 0.1) is 0 Å². The first-order valence-electron chi connectivity index (χ1n) is 6.60. The normalized spacial score (nSPS) is 19.5. The van der Waals surface area contributed by atoms with E-state index in [1.807, 2.05) is 0 Å². The number of H-pyrrole nitrogens is 1. The summed E-state index contributed by atoms with van der Waals surface area (Å²) in [6.07, 6.45) is 6.52. The summed E-state index contributed by atoms with van der Waals surface area (Å²) in [6.45, 7) is 2.28. The van der Waals surface area contributed by atoms with Crippen molar-refractivity contribution in [2.45, 2.75) is 44.9 Å². The number of fused-ring (bicyclic) bond motifs is 3. The fourth-order valence-corrected chi connectivity index (χ4v) is 3.81. The largest absolute Gasteiger partial charge is 0.358 e. The van der Waals surface area contributed by atoms with E-state index in [0.717, 1.165) is 5.92 Å². The van der Waals surface area contributed by atoms with Gasteiger partial charge in [-0.15, -0.1) is 0 Å². The van der Waals surface area contributed by atoms with Crippen LogP contribution in [0.1, 0.15) is 49.8 Å². The fraction of sp³-hybridized carbons (Fsp3) is 0.467. The number of aromatic amines is 1. The highest BCUT2D eigenvalue weighted by Gasteiger charge is 2.24. The third-order valence-electron chi connectivity index (χ3n) is 3.93. The van der Waals surface area contributed by atoms with Gasteiger partial charge in [0.05, 0.1) is 0 Å².